The molecule has 5 atom stereocenters. The van der Waals surface area contributed by atoms with Crippen LogP contribution < -0.4 is 24.3 Å². The number of carbonyl (C=O) groups is 1. The number of aliphatic hydroxyl groups is 2. The summed E-state index contributed by atoms with van der Waals surface area (Å²) in [5.74, 6) is -0.524. The molecule has 1 aliphatic heterocycles. The Hall–Kier alpha value is -3.46. The third-order valence-corrected chi connectivity index (χ3v) is 7.84. The molecule has 9 heteroatoms. The van der Waals surface area contributed by atoms with Crippen molar-refractivity contribution in [2.75, 3.05) is 33.8 Å². The number of halogens is 1. The van der Waals surface area contributed by atoms with E-state index < -0.39 is 35.0 Å². The number of amides is 1. The largest absolute Gasteiger partial charge is 0.497 e. The van der Waals surface area contributed by atoms with Gasteiger partial charge in [0.2, 0.25) is 5.91 Å². The summed E-state index contributed by atoms with van der Waals surface area (Å²) in [4.78, 5) is 13.6. The molecule has 0 unspecified atom stereocenters. The molecule has 38 heavy (non-hydrogen) atoms. The van der Waals surface area contributed by atoms with Crippen LogP contribution in [0.3, 0.4) is 0 Å². The summed E-state index contributed by atoms with van der Waals surface area (Å²) in [6.45, 7) is 0.205. The average Bonchev–Trinajstić information content (AvgIpc) is 3.34. The maximum atomic E-state index is 13.6. The molecule has 3 aromatic carbocycles. The van der Waals surface area contributed by atoms with E-state index in [4.69, 9.17) is 30.5 Å². The molecule has 3 aromatic rings. The van der Waals surface area contributed by atoms with Crippen LogP contribution >= 0.6 is 11.6 Å². The zero-order valence-electron chi connectivity index (χ0n) is 21.3. The molecule has 0 aromatic heterocycles. The number of rotatable bonds is 8. The van der Waals surface area contributed by atoms with E-state index in [1.165, 1.54) is 14.2 Å². The maximum Gasteiger partial charge on any atom is 0.226 e. The predicted octanol–water partition coefficient (Wildman–Crippen LogP) is 3.32. The first kappa shape index (κ1) is 26.2. The van der Waals surface area contributed by atoms with Gasteiger partial charge < -0.3 is 34.5 Å². The van der Waals surface area contributed by atoms with Crippen molar-refractivity contribution in [2.45, 2.75) is 23.2 Å². The first-order chi connectivity index (χ1) is 18.4. The average molecular weight is 540 g/mol. The Morgan fingerprint density at radius 2 is 1.68 bits per heavy atom. The second-order valence-electron chi connectivity index (χ2n) is 9.37. The van der Waals surface area contributed by atoms with Gasteiger partial charge in [-0.15, -0.1) is 11.6 Å². The summed E-state index contributed by atoms with van der Waals surface area (Å²) in [6.07, 6.45) is -1.58. The number of hydrogen-bond donors (Lipinski definition) is 3. The molecule has 0 spiro atoms. The highest BCUT2D eigenvalue weighted by atomic mass is 35.5. The second-order valence-corrected chi connectivity index (χ2v) is 9.75. The van der Waals surface area contributed by atoms with Crippen LogP contribution in [-0.4, -0.2) is 56.0 Å². The molecule has 1 amide bonds. The van der Waals surface area contributed by atoms with E-state index in [0.717, 1.165) is 0 Å². The zero-order chi connectivity index (χ0) is 27.1. The lowest BCUT2D eigenvalue weighted by Crippen LogP contribution is -2.52. The van der Waals surface area contributed by atoms with Crippen LogP contribution in [0.15, 0.2) is 66.7 Å². The smallest absolute Gasteiger partial charge is 0.226 e. The molecule has 3 N–H and O–H groups in total. The molecule has 1 heterocycles. The molecular weight excluding hydrogens is 510 g/mol. The highest BCUT2D eigenvalue weighted by Gasteiger charge is 2.78. The Labute approximate surface area is 226 Å². The number of methoxy groups -OCH3 is 3. The van der Waals surface area contributed by atoms with Crippen LogP contribution in [0, 0.1) is 5.92 Å². The number of alkyl halides is 1. The normalized spacial score (nSPS) is 27.2. The quantitative estimate of drug-likeness (QED) is 0.377. The first-order valence-corrected chi connectivity index (χ1v) is 12.8. The minimum Gasteiger partial charge on any atom is -0.497 e. The SMILES string of the molecule is COc1ccc([C@@]23Oc4cc(OC)cc(OC)c4[C@]2(O)[C@H](O)[C@H](C(=O)NCCCl)[C@H]3c2ccccc2)cc1. The van der Waals surface area contributed by atoms with E-state index in [1.807, 2.05) is 30.3 Å². The summed E-state index contributed by atoms with van der Waals surface area (Å²) in [5, 5.41) is 27.6. The molecule has 2 aliphatic rings. The summed E-state index contributed by atoms with van der Waals surface area (Å²) in [7, 11) is 4.54. The van der Waals surface area contributed by atoms with Crippen molar-refractivity contribution in [3.05, 3.63) is 83.4 Å². The summed E-state index contributed by atoms with van der Waals surface area (Å²) < 4.78 is 23.3. The fourth-order valence-corrected chi connectivity index (χ4v) is 6.18. The van der Waals surface area contributed by atoms with Gasteiger partial charge in [-0.2, -0.15) is 0 Å². The first-order valence-electron chi connectivity index (χ1n) is 12.3. The Kier molecular flexibility index (Phi) is 6.90. The maximum absolute atomic E-state index is 13.6. The Balaban J connectivity index is 1.84. The van der Waals surface area contributed by atoms with E-state index in [2.05, 4.69) is 5.32 Å². The molecule has 8 nitrogen and oxygen atoms in total. The van der Waals surface area contributed by atoms with Gasteiger partial charge in [-0.3, -0.25) is 4.79 Å². The van der Waals surface area contributed by atoms with Crippen LogP contribution in [0.1, 0.15) is 22.6 Å². The third kappa shape index (κ3) is 3.62. The van der Waals surface area contributed by atoms with E-state index in [1.54, 1.807) is 43.5 Å². The molecule has 200 valence electrons. The van der Waals surface area contributed by atoms with Crippen LogP contribution in [0.2, 0.25) is 0 Å². The lowest BCUT2D eigenvalue weighted by atomic mass is 9.70. The minimum absolute atomic E-state index is 0.200. The van der Waals surface area contributed by atoms with Crippen molar-refractivity contribution in [3.63, 3.8) is 0 Å². The van der Waals surface area contributed by atoms with Crippen molar-refractivity contribution in [1.82, 2.24) is 5.32 Å². The number of nitrogens with one attached hydrogen (secondary N) is 1. The molecule has 5 rings (SSSR count). The van der Waals surface area contributed by atoms with Gasteiger partial charge in [-0.25, -0.2) is 0 Å². The monoisotopic (exact) mass is 539 g/mol. The molecule has 1 aliphatic carbocycles. The van der Waals surface area contributed by atoms with Gasteiger partial charge in [0.05, 0.1) is 32.8 Å². The number of ether oxygens (including phenoxy) is 4. The van der Waals surface area contributed by atoms with Crippen LogP contribution in [0.4, 0.5) is 0 Å². The predicted molar refractivity (Wildman–Crippen MR) is 141 cm³/mol. The van der Waals surface area contributed by atoms with E-state index in [9.17, 15) is 15.0 Å². The minimum atomic E-state index is -2.09. The van der Waals surface area contributed by atoms with E-state index >= 15 is 0 Å². The fraction of sp³-hybridized carbons (Fsp3) is 0.345. The lowest BCUT2D eigenvalue weighted by Gasteiger charge is -2.40. The van der Waals surface area contributed by atoms with Crippen molar-refractivity contribution in [1.29, 1.82) is 0 Å². The Bertz CT molecular complexity index is 1320. The summed E-state index contributed by atoms with van der Waals surface area (Å²) >= 11 is 5.86. The van der Waals surface area contributed by atoms with Gasteiger partial charge in [-0.05, 0) is 23.3 Å². The molecule has 0 bridgehead atoms. The van der Waals surface area contributed by atoms with Gasteiger partial charge in [0.15, 0.2) is 11.2 Å². The molecular formula is C29H30ClNO7. The fourth-order valence-electron chi connectivity index (χ4n) is 6.08. The number of fused-ring (bicyclic) bond motifs is 3. The van der Waals surface area contributed by atoms with Crippen molar-refractivity contribution in [2.24, 2.45) is 5.92 Å². The summed E-state index contributed by atoms with van der Waals surface area (Å²) in [6, 6.07) is 19.6. The van der Waals surface area contributed by atoms with Gasteiger partial charge >= 0.3 is 0 Å². The van der Waals surface area contributed by atoms with Crippen molar-refractivity contribution in [3.8, 4) is 23.0 Å². The number of aliphatic hydroxyl groups excluding tert-OH is 1. The molecule has 0 radical (unpaired) electrons. The van der Waals surface area contributed by atoms with Crippen LogP contribution in [-0.2, 0) is 16.0 Å². The number of benzene rings is 3. The standard InChI is InChI=1S/C29H30ClNO7/c1-35-19-11-9-18(10-12-19)29-24(17-7-5-4-6-8-17)23(27(33)31-14-13-30)26(32)28(29,34)25-21(37-3)15-20(36-2)16-22(25)38-29/h4-12,15-16,23-24,26,32,34H,13-14H2,1-3H3,(H,31,33)/t23-,24-,26-,28+,29+/m1/s1. The summed E-state index contributed by atoms with van der Waals surface area (Å²) in [5.41, 5.74) is -2.19. The van der Waals surface area contributed by atoms with Gasteiger partial charge in [0.25, 0.3) is 0 Å². The Morgan fingerprint density at radius 1 is 1.00 bits per heavy atom. The van der Waals surface area contributed by atoms with E-state index in [-0.39, 0.29) is 23.7 Å². The highest BCUT2D eigenvalue weighted by molar-refractivity contribution is 6.18. The molecule has 1 saturated carbocycles. The van der Waals surface area contributed by atoms with Gasteiger partial charge in [0.1, 0.15) is 29.1 Å². The molecule has 1 fully saturated rings. The third-order valence-electron chi connectivity index (χ3n) is 7.65. The topological polar surface area (TPSA) is 106 Å². The zero-order valence-corrected chi connectivity index (χ0v) is 22.1. The van der Waals surface area contributed by atoms with Crippen LogP contribution in [0.5, 0.6) is 23.0 Å². The number of hydrogen-bond acceptors (Lipinski definition) is 7. The highest BCUT2D eigenvalue weighted by Crippen LogP contribution is 2.70. The molecule has 0 saturated heterocycles. The second kappa shape index (κ2) is 10.0. The Morgan fingerprint density at radius 3 is 2.29 bits per heavy atom. The van der Waals surface area contributed by atoms with Gasteiger partial charge in [0, 0.05) is 30.5 Å². The van der Waals surface area contributed by atoms with Crippen LogP contribution in [0.25, 0.3) is 0 Å². The van der Waals surface area contributed by atoms with Crippen molar-refractivity contribution < 1.29 is 34.0 Å². The van der Waals surface area contributed by atoms with Crippen molar-refractivity contribution >= 4 is 17.5 Å². The van der Waals surface area contributed by atoms with Gasteiger partial charge in [-0.1, -0.05) is 42.5 Å². The van der Waals surface area contributed by atoms with E-state index in [0.29, 0.717) is 28.4 Å². The lowest BCUT2D eigenvalue weighted by molar-refractivity contribution is -0.154. The number of carbonyl (C=O) groups excluding carboxylic acids is 1.